The lowest BCUT2D eigenvalue weighted by Crippen LogP contribution is -2.36. The van der Waals surface area contributed by atoms with Crippen LogP contribution in [0.4, 0.5) is 0 Å². The summed E-state index contributed by atoms with van der Waals surface area (Å²) in [5.74, 6) is -0.523. The third-order valence-electron chi connectivity index (χ3n) is 1.14. The Hall–Kier alpha value is -0.830. The highest BCUT2D eigenvalue weighted by molar-refractivity contribution is 5.79. The predicted octanol–water partition coefficient (Wildman–Crippen LogP) is 1.17. The molecule has 3 nitrogen and oxygen atoms in total. The molecule has 0 aromatic heterocycles. The standard InChI is InChI=1S/C8H14NO2/c1-5-6(2)11-7(10)8(3,4)9/h5-6,9H,1H2,2-4H3. The van der Waals surface area contributed by atoms with E-state index in [0.717, 1.165) is 0 Å². The Balaban J connectivity index is 3.98. The topological polar surface area (TPSA) is 50.1 Å². The van der Waals surface area contributed by atoms with Crippen molar-refractivity contribution in [3.05, 3.63) is 12.7 Å². The maximum atomic E-state index is 11.0. The second kappa shape index (κ2) is 3.53. The van der Waals surface area contributed by atoms with Gasteiger partial charge in [0.2, 0.25) is 0 Å². The van der Waals surface area contributed by atoms with Crippen LogP contribution in [0.1, 0.15) is 20.8 Å². The molecule has 0 aromatic carbocycles. The summed E-state index contributed by atoms with van der Waals surface area (Å²) in [5.41, 5.74) is 6.13. The zero-order chi connectivity index (χ0) is 9.07. The van der Waals surface area contributed by atoms with Crippen molar-refractivity contribution in [1.29, 1.82) is 0 Å². The summed E-state index contributed by atoms with van der Waals surface area (Å²) in [6.45, 7) is 8.14. The number of esters is 1. The Morgan fingerprint density at radius 3 is 2.45 bits per heavy atom. The average Bonchev–Trinajstić information content (AvgIpc) is 1.85. The van der Waals surface area contributed by atoms with Crippen LogP contribution in [-0.2, 0) is 9.53 Å². The predicted molar refractivity (Wildman–Crippen MR) is 42.9 cm³/mol. The fraction of sp³-hybridized carbons (Fsp3) is 0.625. The molecule has 0 spiro atoms. The molecule has 0 aliphatic heterocycles. The Labute approximate surface area is 67.2 Å². The van der Waals surface area contributed by atoms with E-state index in [2.05, 4.69) is 6.58 Å². The molecule has 0 aliphatic rings. The minimum Gasteiger partial charge on any atom is -0.457 e. The smallest absolute Gasteiger partial charge is 0.327 e. The molecule has 0 bridgehead atoms. The normalized spacial score (nSPS) is 13.8. The number of carbonyl (C=O) groups is 1. The van der Waals surface area contributed by atoms with E-state index in [1.807, 2.05) is 0 Å². The summed E-state index contributed by atoms with van der Waals surface area (Å²) < 4.78 is 4.82. The van der Waals surface area contributed by atoms with Crippen LogP contribution in [0.15, 0.2) is 12.7 Å². The molecule has 0 aliphatic carbocycles. The quantitative estimate of drug-likeness (QED) is 0.455. The van der Waals surface area contributed by atoms with Gasteiger partial charge in [-0.25, -0.2) is 10.5 Å². The fourth-order valence-electron chi connectivity index (χ4n) is 0.364. The third kappa shape index (κ3) is 3.78. The van der Waals surface area contributed by atoms with Gasteiger partial charge in [0, 0.05) is 0 Å². The van der Waals surface area contributed by atoms with E-state index in [1.165, 1.54) is 19.9 Å². The van der Waals surface area contributed by atoms with Gasteiger partial charge in [0.1, 0.15) is 11.6 Å². The highest BCUT2D eigenvalue weighted by Gasteiger charge is 2.25. The molecule has 63 valence electrons. The van der Waals surface area contributed by atoms with Crippen molar-refractivity contribution >= 4 is 5.97 Å². The first kappa shape index (κ1) is 10.2. The maximum absolute atomic E-state index is 11.0. The zero-order valence-corrected chi connectivity index (χ0v) is 7.18. The Morgan fingerprint density at radius 1 is 1.73 bits per heavy atom. The molecule has 0 amide bonds. The first-order chi connectivity index (χ1) is 4.88. The first-order valence-electron chi connectivity index (χ1n) is 3.46. The summed E-state index contributed by atoms with van der Waals surface area (Å²) in [5, 5.41) is 0. The summed E-state index contributed by atoms with van der Waals surface area (Å²) in [4.78, 5) is 11.0. The van der Waals surface area contributed by atoms with Crippen LogP contribution < -0.4 is 5.73 Å². The van der Waals surface area contributed by atoms with E-state index in [0.29, 0.717) is 0 Å². The van der Waals surface area contributed by atoms with E-state index in [4.69, 9.17) is 10.5 Å². The van der Waals surface area contributed by atoms with Crippen LogP contribution in [0.25, 0.3) is 0 Å². The van der Waals surface area contributed by atoms with Gasteiger partial charge in [0.25, 0.3) is 0 Å². The molecule has 1 N–H and O–H groups in total. The lowest BCUT2D eigenvalue weighted by molar-refractivity contribution is -0.151. The molecule has 0 aromatic rings. The molecule has 0 saturated carbocycles. The van der Waals surface area contributed by atoms with Crippen molar-refractivity contribution < 1.29 is 9.53 Å². The van der Waals surface area contributed by atoms with Gasteiger partial charge in [0.15, 0.2) is 0 Å². The van der Waals surface area contributed by atoms with Gasteiger partial charge >= 0.3 is 5.97 Å². The Morgan fingerprint density at radius 2 is 2.18 bits per heavy atom. The number of ether oxygens (including phenoxy) is 1. The molecule has 11 heavy (non-hydrogen) atoms. The van der Waals surface area contributed by atoms with Crippen molar-refractivity contribution in [3.63, 3.8) is 0 Å². The molecule has 1 unspecified atom stereocenters. The van der Waals surface area contributed by atoms with Crippen molar-refractivity contribution in [1.82, 2.24) is 5.73 Å². The molecule has 0 heterocycles. The van der Waals surface area contributed by atoms with Crippen molar-refractivity contribution in [3.8, 4) is 0 Å². The van der Waals surface area contributed by atoms with Crippen molar-refractivity contribution in [2.75, 3.05) is 0 Å². The van der Waals surface area contributed by atoms with Crippen molar-refractivity contribution in [2.24, 2.45) is 0 Å². The van der Waals surface area contributed by atoms with E-state index in [-0.39, 0.29) is 6.10 Å². The highest BCUT2D eigenvalue weighted by atomic mass is 16.5. The van der Waals surface area contributed by atoms with Gasteiger partial charge in [0.05, 0.1) is 0 Å². The summed E-state index contributed by atoms with van der Waals surface area (Å²) in [6, 6.07) is 0. The largest absolute Gasteiger partial charge is 0.457 e. The molecule has 3 heteroatoms. The maximum Gasteiger partial charge on any atom is 0.327 e. The van der Waals surface area contributed by atoms with E-state index < -0.39 is 11.5 Å². The van der Waals surface area contributed by atoms with Crippen molar-refractivity contribution in [2.45, 2.75) is 32.4 Å². The van der Waals surface area contributed by atoms with Gasteiger partial charge in [-0.1, -0.05) is 12.7 Å². The van der Waals surface area contributed by atoms with Crippen LogP contribution >= 0.6 is 0 Å². The van der Waals surface area contributed by atoms with Crippen LogP contribution in [0, 0.1) is 0 Å². The number of rotatable bonds is 3. The van der Waals surface area contributed by atoms with Gasteiger partial charge in [-0.2, -0.15) is 0 Å². The second-order valence-corrected chi connectivity index (χ2v) is 2.97. The van der Waals surface area contributed by atoms with Crippen LogP contribution in [0.3, 0.4) is 0 Å². The molecule has 0 rings (SSSR count). The first-order valence-corrected chi connectivity index (χ1v) is 3.46. The monoisotopic (exact) mass is 156 g/mol. The van der Waals surface area contributed by atoms with Crippen LogP contribution in [-0.4, -0.2) is 17.6 Å². The summed E-state index contributed by atoms with van der Waals surface area (Å²) in [6.07, 6.45) is 1.20. The summed E-state index contributed by atoms with van der Waals surface area (Å²) in [7, 11) is 0. The fourth-order valence-corrected chi connectivity index (χ4v) is 0.364. The van der Waals surface area contributed by atoms with Crippen LogP contribution in [0.5, 0.6) is 0 Å². The number of hydrogen-bond acceptors (Lipinski definition) is 2. The van der Waals surface area contributed by atoms with Gasteiger partial charge in [-0.3, -0.25) is 0 Å². The molecule has 0 fully saturated rings. The zero-order valence-electron chi connectivity index (χ0n) is 7.18. The number of nitrogens with one attached hydrogen (secondary N) is 1. The minimum atomic E-state index is -1.17. The molecular weight excluding hydrogens is 142 g/mol. The van der Waals surface area contributed by atoms with E-state index in [1.54, 1.807) is 6.92 Å². The molecular formula is C8H14NO2. The summed E-state index contributed by atoms with van der Waals surface area (Å²) >= 11 is 0. The van der Waals surface area contributed by atoms with E-state index in [9.17, 15) is 4.79 Å². The van der Waals surface area contributed by atoms with Gasteiger partial charge in [-0.15, -0.1) is 0 Å². The lowest BCUT2D eigenvalue weighted by Gasteiger charge is -2.17. The number of hydrogen-bond donors (Lipinski definition) is 0. The second-order valence-electron chi connectivity index (χ2n) is 2.97. The van der Waals surface area contributed by atoms with Crippen LogP contribution in [0.2, 0.25) is 0 Å². The molecule has 0 saturated heterocycles. The van der Waals surface area contributed by atoms with Gasteiger partial charge in [-0.05, 0) is 20.8 Å². The highest BCUT2D eigenvalue weighted by Crippen LogP contribution is 2.05. The Bertz CT molecular complexity index is 158. The average molecular weight is 156 g/mol. The molecule has 1 radical (unpaired) electrons. The third-order valence-corrected chi connectivity index (χ3v) is 1.14. The van der Waals surface area contributed by atoms with Gasteiger partial charge < -0.3 is 4.74 Å². The molecule has 1 atom stereocenters. The van der Waals surface area contributed by atoms with E-state index >= 15 is 0 Å². The number of carbonyl (C=O) groups excluding carboxylic acids is 1. The SMILES string of the molecule is C=CC(C)OC(=O)C(C)(C)[NH]. The Kier molecular flexibility index (Phi) is 3.26. The minimum absolute atomic E-state index is 0.313. The lowest BCUT2D eigenvalue weighted by atomic mass is 10.1.